The summed E-state index contributed by atoms with van der Waals surface area (Å²) in [5.41, 5.74) is 0. The summed E-state index contributed by atoms with van der Waals surface area (Å²) in [5, 5.41) is 7.45. The summed E-state index contributed by atoms with van der Waals surface area (Å²) >= 11 is 0. The number of nitrogens with one attached hydrogen (secondary N) is 1. The molecule has 2 fully saturated rings. The van der Waals surface area contributed by atoms with Crippen LogP contribution in [0, 0.1) is 0 Å². The smallest absolute Gasteiger partial charge is 0.231 e. The summed E-state index contributed by atoms with van der Waals surface area (Å²) < 4.78 is 10.2. The molecule has 2 bridgehead atoms. The minimum Gasteiger partial charge on any atom is -0.377 e. The van der Waals surface area contributed by atoms with E-state index in [-0.39, 0.29) is 0 Å². The van der Waals surface area contributed by atoms with E-state index in [1.165, 1.54) is 12.8 Å². The fraction of sp³-hybridized carbons (Fsp3) is 0.800. The number of aromatic nitrogens is 2. The Labute approximate surface area is 88.2 Å². The first-order valence-electron chi connectivity index (χ1n) is 5.44. The molecule has 3 unspecified atom stereocenters. The van der Waals surface area contributed by atoms with Crippen LogP contribution in [0.15, 0.2) is 4.52 Å². The second-order valence-corrected chi connectivity index (χ2v) is 4.37. The van der Waals surface area contributed by atoms with E-state index in [9.17, 15) is 0 Å². The predicted octanol–water partition coefficient (Wildman–Crippen LogP) is 0.824. The fourth-order valence-corrected chi connectivity index (χ4v) is 2.70. The molecule has 0 amide bonds. The Kier molecular flexibility index (Phi) is 2.21. The third-order valence-electron chi connectivity index (χ3n) is 3.37. The molecule has 2 aliphatic heterocycles. The second kappa shape index (κ2) is 3.57. The fourth-order valence-electron chi connectivity index (χ4n) is 2.70. The standard InChI is InChI=1S/C10H15N3O2/c1-14-5-9-12-10(15-13-9)7-4-6-2-3-8(7)11-6/h6-8,11H,2-5H2,1H3. The third-order valence-corrected chi connectivity index (χ3v) is 3.37. The molecule has 82 valence electrons. The summed E-state index contributed by atoms with van der Waals surface area (Å²) in [6.07, 6.45) is 3.66. The number of hydrogen-bond acceptors (Lipinski definition) is 5. The zero-order valence-electron chi connectivity index (χ0n) is 8.77. The summed E-state index contributed by atoms with van der Waals surface area (Å²) in [4.78, 5) is 4.36. The number of fused-ring (bicyclic) bond motifs is 2. The molecule has 2 aliphatic rings. The quantitative estimate of drug-likeness (QED) is 0.798. The highest BCUT2D eigenvalue weighted by molar-refractivity contribution is 5.09. The monoisotopic (exact) mass is 209 g/mol. The number of nitrogens with zero attached hydrogens (tertiary/aromatic N) is 2. The molecule has 0 saturated carbocycles. The van der Waals surface area contributed by atoms with E-state index in [4.69, 9.17) is 9.26 Å². The van der Waals surface area contributed by atoms with Gasteiger partial charge in [-0.15, -0.1) is 0 Å². The van der Waals surface area contributed by atoms with E-state index in [1.54, 1.807) is 7.11 Å². The molecule has 3 atom stereocenters. The van der Waals surface area contributed by atoms with Gasteiger partial charge in [-0.1, -0.05) is 5.16 Å². The summed E-state index contributed by atoms with van der Waals surface area (Å²) in [5.74, 6) is 1.85. The van der Waals surface area contributed by atoms with Gasteiger partial charge in [-0.3, -0.25) is 0 Å². The van der Waals surface area contributed by atoms with Crippen molar-refractivity contribution in [3.8, 4) is 0 Å². The zero-order valence-corrected chi connectivity index (χ0v) is 8.77. The van der Waals surface area contributed by atoms with Gasteiger partial charge in [0.25, 0.3) is 0 Å². The largest absolute Gasteiger partial charge is 0.377 e. The van der Waals surface area contributed by atoms with Gasteiger partial charge in [0.2, 0.25) is 5.89 Å². The molecular formula is C10H15N3O2. The highest BCUT2D eigenvalue weighted by Crippen LogP contribution is 2.39. The third kappa shape index (κ3) is 1.55. The van der Waals surface area contributed by atoms with Crippen molar-refractivity contribution in [2.45, 2.75) is 43.9 Å². The Bertz CT molecular complexity index is 352. The van der Waals surface area contributed by atoms with E-state index >= 15 is 0 Å². The van der Waals surface area contributed by atoms with Gasteiger partial charge in [0, 0.05) is 19.2 Å². The zero-order chi connectivity index (χ0) is 10.3. The van der Waals surface area contributed by atoms with Crippen molar-refractivity contribution < 1.29 is 9.26 Å². The van der Waals surface area contributed by atoms with Crippen LogP contribution in [0.5, 0.6) is 0 Å². The lowest BCUT2D eigenvalue weighted by atomic mass is 9.89. The van der Waals surface area contributed by atoms with E-state index < -0.39 is 0 Å². The van der Waals surface area contributed by atoms with Gasteiger partial charge in [0.1, 0.15) is 6.61 Å². The van der Waals surface area contributed by atoms with Crippen molar-refractivity contribution in [3.05, 3.63) is 11.7 Å². The van der Waals surface area contributed by atoms with Crippen molar-refractivity contribution in [2.75, 3.05) is 7.11 Å². The van der Waals surface area contributed by atoms with E-state index in [1.807, 2.05) is 0 Å². The molecule has 1 aromatic rings. The van der Waals surface area contributed by atoms with Crippen LogP contribution in [0.2, 0.25) is 0 Å². The first kappa shape index (κ1) is 9.30. The number of rotatable bonds is 3. The van der Waals surface area contributed by atoms with E-state index in [2.05, 4.69) is 15.5 Å². The maximum Gasteiger partial charge on any atom is 0.231 e. The average molecular weight is 209 g/mol. The van der Waals surface area contributed by atoms with Gasteiger partial charge in [0.05, 0.1) is 5.92 Å². The lowest BCUT2D eigenvalue weighted by molar-refractivity contribution is 0.174. The van der Waals surface area contributed by atoms with Crippen molar-refractivity contribution in [1.29, 1.82) is 0 Å². The average Bonchev–Trinajstić information content (AvgIpc) is 2.91. The molecule has 15 heavy (non-hydrogen) atoms. The minimum atomic E-state index is 0.418. The molecule has 1 aromatic heterocycles. The Morgan fingerprint density at radius 2 is 2.47 bits per heavy atom. The lowest BCUT2D eigenvalue weighted by Crippen LogP contribution is -2.21. The van der Waals surface area contributed by atoms with E-state index in [0.29, 0.717) is 30.4 Å². The molecule has 3 rings (SSSR count). The molecule has 3 heterocycles. The minimum absolute atomic E-state index is 0.418. The van der Waals surface area contributed by atoms with Crippen LogP contribution in [-0.4, -0.2) is 29.3 Å². The summed E-state index contributed by atoms with van der Waals surface area (Å²) in [7, 11) is 1.63. The van der Waals surface area contributed by atoms with Crippen LogP contribution in [0.3, 0.4) is 0 Å². The van der Waals surface area contributed by atoms with Gasteiger partial charge in [-0.2, -0.15) is 4.98 Å². The van der Waals surface area contributed by atoms with Gasteiger partial charge in [0.15, 0.2) is 5.82 Å². The first-order valence-corrected chi connectivity index (χ1v) is 5.44. The SMILES string of the molecule is COCc1noc(C2CC3CCC2N3)n1. The first-order chi connectivity index (χ1) is 7.36. The van der Waals surface area contributed by atoms with Crippen LogP contribution in [0.1, 0.15) is 36.9 Å². The topological polar surface area (TPSA) is 60.2 Å². The predicted molar refractivity (Wildman–Crippen MR) is 52.3 cm³/mol. The Morgan fingerprint density at radius 1 is 1.53 bits per heavy atom. The van der Waals surface area contributed by atoms with Gasteiger partial charge in [-0.05, 0) is 19.3 Å². The number of ether oxygens (including phenoxy) is 1. The Balaban J connectivity index is 1.75. The van der Waals surface area contributed by atoms with E-state index in [0.717, 1.165) is 12.3 Å². The van der Waals surface area contributed by atoms with Gasteiger partial charge < -0.3 is 14.6 Å². The Morgan fingerprint density at radius 3 is 3.13 bits per heavy atom. The highest BCUT2D eigenvalue weighted by atomic mass is 16.5. The maximum absolute atomic E-state index is 5.27. The lowest BCUT2D eigenvalue weighted by Gasteiger charge is -2.15. The number of methoxy groups -OCH3 is 1. The van der Waals surface area contributed by atoms with Crippen LogP contribution in [-0.2, 0) is 11.3 Å². The van der Waals surface area contributed by atoms with Crippen LogP contribution < -0.4 is 5.32 Å². The normalized spacial score (nSPS) is 33.8. The van der Waals surface area contributed by atoms with Gasteiger partial charge >= 0.3 is 0 Å². The molecule has 0 radical (unpaired) electrons. The molecule has 1 N–H and O–H groups in total. The van der Waals surface area contributed by atoms with Crippen molar-refractivity contribution in [1.82, 2.24) is 15.5 Å². The number of hydrogen-bond donors (Lipinski definition) is 1. The molecule has 2 saturated heterocycles. The van der Waals surface area contributed by atoms with Crippen molar-refractivity contribution >= 4 is 0 Å². The van der Waals surface area contributed by atoms with Gasteiger partial charge in [-0.25, -0.2) is 0 Å². The molecular weight excluding hydrogens is 194 g/mol. The van der Waals surface area contributed by atoms with Crippen LogP contribution in [0.25, 0.3) is 0 Å². The molecule has 5 nitrogen and oxygen atoms in total. The molecule has 5 heteroatoms. The molecule has 0 aromatic carbocycles. The molecule has 0 spiro atoms. The van der Waals surface area contributed by atoms with Crippen LogP contribution in [0.4, 0.5) is 0 Å². The summed E-state index contributed by atoms with van der Waals surface area (Å²) in [6, 6.07) is 1.21. The van der Waals surface area contributed by atoms with Crippen LogP contribution >= 0.6 is 0 Å². The highest BCUT2D eigenvalue weighted by Gasteiger charge is 2.42. The molecule has 0 aliphatic carbocycles. The Hall–Kier alpha value is -0.940. The summed E-state index contributed by atoms with van der Waals surface area (Å²) in [6.45, 7) is 0.428. The maximum atomic E-state index is 5.27. The van der Waals surface area contributed by atoms with Crippen molar-refractivity contribution in [2.24, 2.45) is 0 Å². The second-order valence-electron chi connectivity index (χ2n) is 4.37. The van der Waals surface area contributed by atoms with Crippen molar-refractivity contribution in [3.63, 3.8) is 0 Å².